The molecule has 2 fully saturated rings. The third-order valence-electron chi connectivity index (χ3n) is 4.41. The molecule has 1 unspecified atom stereocenters. The van der Waals surface area contributed by atoms with E-state index in [-0.39, 0.29) is 0 Å². The van der Waals surface area contributed by atoms with Gasteiger partial charge < -0.3 is 10.2 Å². The molecule has 2 aliphatic rings. The summed E-state index contributed by atoms with van der Waals surface area (Å²) in [7, 11) is 0. The van der Waals surface area contributed by atoms with Gasteiger partial charge in [0.1, 0.15) is 0 Å². The largest absolute Gasteiger partial charge is 0.339 e. The van der Waals surface area contributed by atoms with E-state index in [1.54, 1.807) is 0 Å². The van der Waals surface area contributed by atoms with Crippen molar-refractivity contribution in [2.75, 3.05) is 19.6 Å². The maximum Gasteiger partial charge on any atom is 0.227 e. The molecule has 1 amide bonds. The first-order valence-corrected chi connectivity index (χ1v) is 8.76. The lowest BCUT2D eigenvalue weighted by atomic mass is 9.98. The molecule has 1 aliphatic carbocycles. The molecule has 0 spiro atoms. The SMILES string of the molecule is O=C(Cc1cccc(Br)c1)N(CC1CCCNC1)C1CC1. The van der Waals surface area contributed by atoms with Gasteiger partial charge in [-0.3, -0.25) is 4.79 Å². The van der Waals surface area contributed by atoms with E-state index in [1.165, 1.54) is 25.7 Å². The fraction of sp³-hybridized carbons (Fsp3) is 0.588. The zero-order valence-corrected chi connectivity index (χ0v) is 13.9. The number of hydrogen-bond donors (Lipinski definition) is 1. The number of rotatable bonds is 5. The lowest BCUT2D eigenvalue weighted by Crippen LogP contribution is -2.42. The number of nitrogens with zero attached hydrogens (tertiary/aromatic N) is 1. The highest BCUT2D eigenvalue weighted by molar-refractivity contribution is 9.10. The van der Waals surface area contributed by atoms with Gasteiger partial charge in [0.25, 0.3) is 0 Å². The quantitative estimate of drug-likeness (QED) is 0.885. The van der Waals surface area contributed by atoms with Crippen molar-refractivity contribution in [2.24, 2.45) is 5.92 Å². The van der Waals surface area contributed by atoms with Crippen molar-refractivity contribution in [1.29, 1.82) is 0 Å². The fourth-order valence-corrected chi connectivity index (χ4v) is 3.57. The van der Waals surface area contributed by atoms with E-state index in [2.05, 4.69) is 26.1 Å². The molecule has 0 bridgehead atoms. The standard InChI is InChI=1S/C17H23BrN2O/c18-15-5-1-3-13(9-15)10-17(21)20(16-6-7-16)12-14-4-2-8-19-11-14/h1,3,5,9,14,16,19H,2,4,6-8,10-12H2. The molecule has 1 N–H and O–H groups in total. The molecule has 3 rings (SSSR count). The summed E-state index contributed by atoms with van der Waals surface area (Å²) >= 11 is 3.48. The molecular formula is C17H23BrN2O. The molecule has 0 aromatic heterocycles. The Morgan fingerprint density at radius 2 is 2.19 bits per heavy atom. The Labute approximate surface area is 135 Å². The second-order valence-corrected chi connectivity index (χ2v) is 7.21. The van der Waals surface area contributed by atoms with Crippen LogP contribution < -0.4 is 5.32 Å². The van der Waals surface area contributed by atoms with Gasteiger partial charge in [-0.05, 0) is 62.4 Å². The molecule has 1 saturated heterocycles. The second kappa shape index (κ2) is 6.93. The van der Waals surface area contributed by atoms with Crippen molar-refractivity contribution in [3.63, 3.8) is 0 Å². The number of benzene rings is 1. The normalized spacial score (nSPS) is 22.0. The fourth-order valence-electron chi connectivity index (χ4n) is 3.12. The number of halogens is 1. The number of piperidine rings is 1. The maximum atomic E-state index is 12.7. The summed E-state index contributed by atoms with van der Waals surface area (Å²) in [6, 6.07) is 8.59. The first-order valence-electron chi connectivity index (χ1n) is 7.97. The maximum absolute atomic E-state index is 12.7. The predicted molar refractivity (Wildman–Crippen MR) is 88.2 cm³/mol. The van der Waals surface area contributed by atoms with Crippen LogP contribution in [0.1, 0.15) is 31.2 Å². The van der Waals surface area contributed by atoms with Crippen LogP contribution in [0.15, 0.2) is 28.7 Å². The van der Waals surface area contributed by atoms with Crippen LogP contribution in [-0.4, -0.2) is 36.5 Å². The Kier molecular flexibility index (Phi) is 4.96. The number of carbonyl (C=O) groups is 1. The third kappa shape index (κ3) is 4.30. The molecule has 0 radical (unpaired) electrons. The Bertz CT molecular complexity index is 495. The van der Waals surface area contributed by atoms with Crippen LogP contribution in [-0.2, 0) is 11.2 Å². The average molecular weight is 351 g/mol. The Morgan fingerprint density at radius 1 is 1.33 bits per heavy atom. The van der Waals surface area contributed by atoms with Crippen molar-refractivity contribution < 1.29 is 4.79 Å². The predicted octanol–water partition coefficient (Wildman–Crippen LogP) is 2.98. The summed E-state index contributed by atoms with van der Waals surface area (Å²) in [4.78, 5) is 14.8. The van der Waals surface area contributed by atoms with Crippen LogP contribution in [0.5, 0.6) is 0 Å². The molecule has 1 heterocycles. The van der Waals surface area contributed by atoms with Gasteiger partial charge >= 0.3 is 0 Å². The van der Waals surface area contributed by atoms with E-state index in [9.17, 15) is 4.79 Å². The Hall–Kier alpha value is -0.870. The zero-order chi connectivity index (χ0) is 14.7. The topological polar surface area (TPSA) is 32.3 Å². The average Bonchev–Trinajstić information content (AvgIpc) is 3.30. The third-order valence-corrected chi connectivity index (χ3v) is 4.90. The zero-order valence-electron chi connectivity index (χ0n) is 12.4. The van der Waals surface area contributed by atoms with Gasteiger partial charge in [0.05, 0.1) is 6.42 Å². The Morgan fingerprint density at radius 3 is 2.86 bits per heavy atom. The summed E-state index contributed by atoms with van der Waals surface area (Å²) in [5, 5.41) is 3.45. The van der Waals surface area contributed by atoms with E-state index in [0.717, 1.165) is 29.7 Å². The van der Waals surface area contributed by atoms with E-state index in [1.807, 2.05) is 24.3 Å². The molecule has 21 heavy (non-hydrogen) atoms. The monoisotopic (exact) mass is 350 g/mol. The minimum Gasteiger partial charge on any atom is -0.339 e. The summed E-state index contributed by atoms with van der Waals surface area (Å²) in [6.45, 7) is 3.13. The first kappa shape index (κ1) is 15.0. The molecular weight excluding hydrogens is 328 g/mol. The van der Waals surface area contributed by atoms with Crippen LogP contribution in [0, 0.1) is 5.92 Å². The molecule has 4 heteroatoms. The molecule has 1 aromatic carbocycles. The van der Waals surface area contributed by atoms with Gasteiger partial charge in [-0.2, -0.15) is 0 Å². The molecule has 1 aliphatic heterocycles. The minimum atomic E-state index is 0.293. The van der Waals surface area contributed by atoms with Crippen molar-refractivity contribution in [1.82, 2.24) is 10.2 Å². The lowest BCUT2D eigenvalue weighted by Gasteiger charge is -2.30. The minimum absolute atomic E-state index is 0.293. The van der Waals surface area contributed by atoms with Crippen molar-refractivity contribution >= 4 is 21.8 Å². The van der Waals surface area contributed by atoms with Crippen molar-refractivity contribution in [3.05, 3.63) is 34.3 Å². The summed E-state index contributed by atoms with van der Waals surface area (Å²) in [5.74, 6) is 0.923. The smallest absolute Gasteiger partial charge is 0.227 e. The van der Waals surface area contributed by atoms with E-state index in [4.69, 9.17) is 0 Å². The number of carbonyl (C=O) groups excluding carboxylic acids is 1. The highest BCUT2D eigenvalue weighted by Gasteiger charge is 2.34. The van der Waals surface area contributed by atoms with Gasteiger partial charge in [-0.1, -0.05) is 28.1 Å². The van der Waals surface area contributed by atoms with Gasteiger partial charge in [-0.15, -0.1) is 0 Å². The summed E-state index contributed by atoms with van der Waals surface area (Å²) < 4.78 is 1.04. The van der Waals surface area contributed by atoms with Crippen LogP contribution in [0.25, 0.3) is 0 Å². The number of amides is 1. The van der Waals surface area contributed by atoms with Gasteiger partial charge in [0.15, 0.2) is 0 Å². The van der Waals surface area contributed by atoms with Crippen LogP contribution in [0.3, 0.4) is 0 Å². The van der Waals surface area contributed by atoms with E-state index >= 15 is 0 Å². The number of hydrogen-bond acceptors (Lipinski definition) is 2. The lowest BCUT2D eigenvalue weighted by molar-refractivity contribution is -0.131. The molecule has 114 valence electrons. The van der Waals surface area contributed by atoms with Crippen LogP contribution in [0.4, 0.5) is 0 Å². The molecule has 3 nitrogen and oxygen atoms in total. The van der Waals surface area contributed by atoms with Crippen LogP contribution in [0.2, 0.25) is 0 Å². The molecule has 1 saturated carbocycles. The highest BCUT2D eigenvalue weighted by Crippen LogP contribution is 2.29. The van der Waals surface area contributed by atoms with Crippen molar-refractivity contribution in [2.45, 2.75) is 38.1 Å². The number of nitrogens with one attached hydrogen (secondary N) is 1. The highest BCUT2D eigenvalue weighted by atomic mass is 79.9. The summed E-state index contributed by atoms with van der Waals surface area (Å²) in [5.41, 5.74) is 1.10. The van der Waals surface area contributed by atoms with Crippen LogP contribution >= 0.6 is 15.9 Å². The molecule has 1 atom stereocenters. The second-order valence-electron chi connectivity index (χ2n) is 6.30. The van der Waals surface area contributed by atoms with Gasteiger partial charge in [0, 0.05) is 17.1 Å². The summed E-state index contributed by atoms with van der Waals surface area (Å²) in [6.07, 6.45) is 5.38. The van der Waals surface area contributed by atoms with Gasteiger partial charge in [-0.25, -0.2) is 0 Å². The first-order chi connectivity index (χ1) is 10.2. The van der Waals surface area contributed by atoms with Gasteiger partial charge in [0.2, 0.25) is 5.91 Å². The van der Waals surface area contributed by atoms with Crippen molar-refractivity contribution in [3.8, 4) is 0 Å². The van der Waals surface area contributed by atoms with E-state index < -0.39 is 0 Å². The Balaban J connectivity index is 1.61. The molecule has 1 aromatic rings. The van der Waals surface area contributed by atoms with E-state index in [0.29, 0.717) is 24.3 Å².